The van der Waals surface area contributed by atoms with E-state index < -0.39 is 30.1 Å². The van der Waals surface area contributed by atoms with Gasteiger partial charge in [-0.1, -0.05) is 48.0 Å². The summed E-state index contributed by atoms with van der Waals surface area (Å²) < 4.78 is 5.63. The number of likely N-dealkylation sites (N-methyl/N-ethyl adjacent to an activating group) is 1. The van der Waals surface area contributed by atoms with Crippen LogP contribution in [-0.2, 0) is 4.79 Å². The van der Waals surface area contributed by atoms with Crippen LogP contribution in [0.3, 0.4) is 0 Å². The van der Waals surface area contributed by atoms with Gasteiger partial charge in [-0.15, -0.1) is 0 Å². The average Bonchev–Trinajstić information content (AvgIpc) is 3.37. The van der Waals surface area contributed by atoms with Crippen LogP contribution in [0.4, 0.5) is 4.79 Å². The minimum atomic E-state index is -0.754. The maximum absolute atomic E-state index is 14.1. The third-order valence-electron chi connectivity index (χ3n) is 7.66. The number of nitrogens with zero attached hydrogens (tertiary/aromatic N) is 3. The number of Topliss-reactive ketones (excluding diaryl/α,β-unsaturated/α-hetero) is 1. The predicted molar refractivity (Wildman–Crippen MR) is 147 cm³/mol. The number of hydrogen-bond donors (Lipinski definition) is 2. The van der Waals surface area contributed by atoms with Gasteiger partial charge < -0.3 is 15.0 Å². The standard InChI is InChI=1S/C30H30ClN5O3/c1-36(30(38)39-22-7-3-2-4-8-22)28-26(19-10-12-21(31)13-11-19)25(18-32)35-27(28)29(37)20-14-16-34-24(17-20)23-9-5-6-15-33-23/h2-13,15,20,24-28,34-35H,14,16-17H2,1H3/t20?,24?,25?,26-,27?,28+/m1/s1. The van der Waals surface area contributed by atoms with Gasteiger partial charge in [0.2, 0.25) is 0 Å². The third-order valence-corrected chi connectivity index (χ3v) is 7.91. The average molecular weight is 544 g/mol. The van der Waals surface area contributed by atoms with E-state index in [0.29, 0.717) is 30.2 Å². The quantitative estimate of drug-likeness (QED) is 0.471. The molecule has 8 nitrogen and oxygen atoms in total. The first kappa shape index (κ1) is 26.8. The molecule has 2 aliphatic rings. The Morgan fingerprint density at radius 3 is 2.51 bits per heavy atom. The van der Waals surface area contributed by atoms with Crippen molar-refractivity contribution in [1.82, 2.24) is 20.5 Å². The smallest absolute Gasteiger partial charge is 0.410 e. The van der Waals surface area contributed by atoms with E-state index in [0.717, 1.165) is 11.3 Å². The molecule has 1 amide bonds. The van der Waals surface area contributed by atoms with Crippen molar-refractivity contribution < 1.29 is 14.3 Å². The van der Waals surface area contributed by atoms with Gasteiger partial charge in [-0.2, -0.15) is 5.26 Å². The number of ketones is 1. The van der Waals surface area contributed by atoms with E-state index in [4.69, 9.17) is 16.3 Å². The van der Waals surface area contributed by atoms with Crippen LogP contribution in [0.5, 0.6) is 5.75 Å². The highest BCUT2D eigenvalue weighted by molar-refractivity contribution is 6.30. The van der Waals surface area contributed by atoms with Crippen LogP contribution >= 0.6 is 11.6 Å². The minimum absolute atomic E-state index is 0.0153. The van der Waals surface area contributed by atoms with Crippen LogP contribution in [0.2, 0.25) is 5.02 Å². The van der Waals surface area contributed by atoms with E-state index in [1.807, 2.05) is 36.4 Å². The molecule has 0 saturated carbocycles. The monoisotopic (exact) mass is 543 g/mol. The molecule has 2 fully saturated rings. The van der Waals surface area contributed by atoms with Gasteiger partial charge in [-0.25, -0.2) is 4.79 Å². The Labute approximate surface area is 232 Å². The summed E-state index contributed by atoms with van der Waals surface area (Å²) in [5.74, 6) is -0.346. The second-order valence-corrected chi connectivity index (χ2v) is 10.4. The summed E-state index contributed by atoms with van der Waals surface area (Å²) in [4.78, 5) is 33.4. The Hall–Kier alpha value is -3.77. The normalized spacial score (nSPS) is 26.4. The molecule has 0 radical (unpaired) electrons. The fourth-order valence-corrected chi connectivity index (χ4v) is 5.85. The number of aromatic nitrogens is 1. The Morgan fingerprint density at radius 2 is 1.82 bits per heavy atom. The maximum Gasteiger partial charge on any atom is 0.415 e. The van der Waals surface area contributed by atoms with Gasteiger partial charge in [-0.3, -0.25) is 15.1 Å². The number of halogens is 1. The number of benzene rings is 2. The molecule has 200 valence electrons. The number of piperidine rings is 1. The van der Waals surface area contributed by atoms with Crippen molar-refractivity contribution in [2.24, 2.45) is 5.92 Å². The topological polar surface area (TPSA) is 107 Å². The Bertz CT molecular complexity index is 1330. The molecule has 4 unspecified atom stereocenters. The molecule has 9 heteroatoms. The van der Waals surface area contributed by atoms with E-state index in [9.17, 15) is 14.9 Å². The van der Waals surface area contributed by atoms with Crippen molar-refractivity contribution in [3.05, 3.63) is 95.3 Å². The maximum atomic E-state index is 14.1. The second kappa shape index (κ2) is 12.0. The lowest BCUT2D eigenvalue weighted by atomic mass is 9.80. The van der Waals surface area contributed by atoms with Gasteiger partial charge in [0.25, 0.3) is 0 Å². The van der Waals surface area contributed by atoms with Crippen molar-refractivity contribution in [3.8, 4) is 11.8 Å². The molecule has 5 rings (SSSR count). The molecule has 6 atom stereocenters. The second-order valence-electron chi connectivity index (χ2n) is 10.00. The summed E-state index contributed by atoms with van der Waals surface area (Å²) in [6.45, 7) is 0.670. The molecule has 0 bridgehead atoms. The Balaban J connectivity index is 1.45. The molecule has 0 aliphatic carbocycles. The largest absolute Gasteiger partial charge is 0.415 e. The highest BCUT2D eigenvalue weighted by Crippen LogP contribution is 2.38. The SMILES string of the molecule is CN(C(=O)Oc1ccccc1)[C@@H]1C(C(=O)C2CCNC(c3ccccn3)C2)NC(C#N)[C@H]1c1ccc(Cl)cc1. The first-order valence-electron chi connectivity index (χ1n) is 13.0. The highest BCUT2D eigenvalue weighted by Gasteiger charge is 2.51. The van der Waals surface area contributed by atoms with Crippen molar-refractivity contribution in [2.45, 2.75) is 42.9 Å². The summed E-state index contributed by atoms with van der Waals surface area (Å²) in [5.41, 5.74) is 1.71. The van der Waals surface area contributed by atoms with Crippen molar-refractivity contribution in [3.63, 3.8) is 0 Å². The summed E-state index contributed by atoms with van der Waals surface area (Å²) in [7, 11) is 1.62. The zero-order valence-corrected chi connectivity index (χ0v) is 22.3. The van der Waals surface area contributed by atoms with Gasteiger partial charge >= 0.3 is 6.09 Å². The predicted octanol–water partition coefficient (Wildman–Crippen LogP) is 4.49. The van der Waals surface area contributed by atoms with E-state index in [1.165, 1.54) is 4.90 Å². The van der Waals surface area contributed by atoms with E-state index in [-0.39, 0.29) is 17.7 Å². The molecule has 1 aromatic heterocycles. The highest BCUT2D eigenvalue weighted by atomic mass is 35.5. The molecule has 2 N–H and O–H groups in total. The first-order chi connectivity index (χ1) is 19.0. The van der Waals surface area contributed by atoms with Crippen molar-refractivity contribution in [2.75, 3.05) is 13.6 Å². The van der Waals surface area contributed by atoms with Crippen LogP contribution in [0.15, 0.2) is 79.0 Å². The molecular formula is C30H30ClN5O3. The van der Waals surface area contributed by atoms with Gasteiger partial charge in [0, 0.05) is 30.1 Å². The number of carbonyl (C=O) groups is 2. The molecule has 3 heterocycles. The number of nitrogens with one attached hydrogen (secondary N) is 2. The van der Waals surface area contributed by atoms with E-state index >= 15 is 0 Å². The number of hydrogen-bond acceptors (Lipinski definition) is 7. The van der Waals surface area contributed by atoms with Crippen LogP contribution in [0.25, 0.3) is 0 Å². The fraction of sp³-hybridized carbons (Fsp3) is 0.333. The van der Waals surface area contributed by atoms with Crippen LogP contribution < -0.4 is 15.4 Å². The summed E-state index contributed by atoms with van der Waals surface area (Å²) in [6, 6.07) is 21.9. The number of para-hydroxylation sites is 1. The van der Waals surface area contributed by atoms with Crippen molar-refractivity contribution >= 4 is 23.5 Å². The van der Waals surface area contributed by atoms with Crippen LogP contribution in [-0.4, -0.2) is 53.5 Å². The van der Waals surface area contributed by atoms with Gasteiger partial charge in [0.15, 0.2) is 5.78 Å². The van der Waals surface area contributed by atoms with Crippen LogP contribution in [0.1, 0.15) is 36.1 Å². The lowest BCUT2D eigenvalue weighted by Gasteiger charge is -2.35. The zero-order chi connectivity index (χ0) is 27.4. The summed E-state index contributed by atoms with van der Waals surface area (Å²) >= 11 is 6.14. The van der Waals surface area contributed by atoms with E-state index in [1.54, 1.807) is 49.6 Å². The third kappa shape index (κ3) is 5.81. The van der Waals surface area contributed by atoms with Gasteiger partial charge in [0.1, 0.15) is 11.8 Å². The summed E-state index contributed by atoms with van der Waals surface area (Å²) in [6.07, 6.45) is 2.40. The number of pyridine rings is 1. The number of amides is 1. The number of nitriles is 1. The zero-order valence-electron chi connectivity index (χ0n) is 21.5. The lowest BCUT2D eigenvalue weighted by Crippen LogP contribution is -2.53. The molecule has 2 aliphatic heterocycles. The van der Waals surface area contributed by atoms with Crippen LogP contribution in [0, 0.1) is 17.2 Å². The van der Waals surface area contributed by atoms with Crippen molar-refractivity contribution in [1.29, 1.82) is 5.26 Å². The first-order valence-corrected chi connectivity index (χ1v) is 13.4. The molecular weight excluding hydrogens is 514 g/mol. The lowest BCUT2D eigenvalue weighted by molar-refractivity contribution is -0.126. The molecule has 2 saturated heterocycles. The summed E-state index contributed by atoms with van der Waals surface area (Å²) in [5, 5.41) is 17.4. The Morgan fingerprint density at radius 1 is 1.08 bits per heavy atom. The van der Waals surface area contributed by atoms with Gasteiger partial charge in [0.05, 0.1) is 29.9 Å². The molecule has 39 heavy (non-hydrogen) atoms. The van der Waals surface area contributed by atoms with E-state index in [2.05, 4.69) is 21.7 Å². The molecule has 3 aromatic rings. The minimum Gasteiger partial charge on any atom is -0.410 e. The van der Waals surface area contributed by atoms with Gasteiger partial charge in [-0.05, 0) is 61.3 Å². The Kier molecular flexibility index (Phi) is 8.22. The number of ether oxygens (including phenoxy) is 1. The number of carbonyl (C=O) groups excluding carboxylic acids is 2. The number of rotatable bonds is 6. The molecule has 2 aromatic carbocycles. The molecule has 0 spiro atoms. The fourth-order valence-electron chi connectivity index (χ4n) is 5.73.